The number of aryl methyl sites for hydroxylation is 1. The van der Waals surface area contributed by atoms with Crippen LogP contribution in [-0.4, -0.2) is 24.7 Å². The van der Waals surface area contributed by atoms with Crippen LogP contribution >= 0.6 is 0 Å². The predicted molar refractivity (Wildman–Crippen MR) is 85.1 cm³/mol. The van der Waals surface area contributed by atoms with Crippen LogP contribution in [-0.2, 0) is 30.4 Å². The quantitative estimate of drug-likeness (QED) is 0.558. The number of esters is 1. The number of unbranched alkanes of at least 4 members (excludes halogenated alkanes) is 3. The number of hydrogen-bond donors (Lipinski definition) is 0. The molecule has 0 fully saturated rings. The van der Waals surface area contributed by atoms with Crippen molar-refractivity contribution >= 4 is 17.1 Å². The molecule has 8 heteroatoms. The number of carbonyl (C=O) groups is 1. The Bertz CT molecular complexity index is 815. The largest absolute Gasteiger partial charge is 0.444 e. The van der Waals surface area contributed by atoms with Gasteiger partial charge in [0.05, 0.1) is 0 Å². The molecule has 0 amide bonds. The lowest BCUT2D eigenvalue weighted by atomic mass is 10.2. The van der Waals surface area contributed by atoms with Crippen LogP contribution < -0.4 is 11.2 Å². The van der Waals surface area contributed by atoms with E-state index >= 15 is 0 Å². The van der Waals surface area contributed by atoms with E-state index in [1.54, 1.807) is 7.05 Å². The molecule has 0 saturated carbocycles. The van der Waals surface area contributed by atoms with Crippen LogP contribution in [0.1, 0.15) is 39.0 Å². The van der Waals surface area contributed by atoms with Gasteiger partial charge in [0, 0.05) is 20.5 Å². The summed E-state index contributed by atoms with van der Waals surface area (Å²) in [6.45, 7) is 2.02. The summed E-state index contributed by atoms with van der Waals surface area (Å²) in [5.74, 6) is -0.301. The van der Waals surface area contributed by atoms with Crippen LogP contribution in [0.4, 0.5) is 0 Å². The molecular formula is C15H22N4O4. The van der Waals surface area contributed by atoms with Crippen molar-refractivity contribution in [3.63, 3.8) is 0 Å². The van der Waals surface area contributed by atoms with Crippen molar-refractivity contribution < 1.29 is 9.53 Å². The Kier molecular flexibility index (Phi) is 5.36. The first-order valence-corrected chi connectivity index (χ1v) is 7.73. The summed E-state index contributed by atoms with van der Waals surface area (Å²) in [5.41, 5.74) is -0.384. The van der Waals surface area contributed by atoms with E-state index in [1.807, 2.05) is 0 Å². The highest BCUT2D eigenvalue weighted by Gasteiger charge is 2.14. The lowest BCUT2D eigenvalue weighted by Gasteiger charge is -2.08. The van der Waals surface area contributed by atoms with Crippen molar-refractivity contribution in [3.8, 4) is 0 Å². The number of fused-ring (bicyclic) bond motifs is 1. The highest BCUT2D eigenvalue weighted by atomic mass is 16.5. The fourth-order valence-electron chi connectivity index (χ4n) is 2.40. The Hall–Kier alpha value is -2.38. The van der Waals surface area contributed by atoms with E-state index < -0.39 is 11.2 Å². The van der Waals surface area contributed by atoms with Gasteiger partial charge in [0.15, 0.2) is 17.9 Å². The molecule has 0 aliphatic heterocycles. The van der Waals surface area contributed by atoms with Gasteiger partial charge in [-0.3, -0.25) is 23.3 Å². The molecule has 0 saturated heterocycles. The minimum absolute atomic E-state index is 0.0868. The monoisotopic (exact) mass is 322 g/mol. The van der Waals surface area contributed by atoms with Crippen molar-refractivity contribution in [3.05, 3.63) is 27.2 Å². The van der Waals surface area contributed by atoms with Crippen LogP contribution in [0.3, 0.4) is 0 Å². The Labute approximate surface area is 133 Å². The fraction of sp³-hybridized carbons (Fsp3) is 0.600. The molecule has 0 bridgehead atoms. The Morgan fingerprint density at radius 2 is 1.91 bits per heavy atom. The predicted octanol–water partition coefficient (Wildman–Crippen LogP) is 0.905. The average Bonchev–Trinajstić information content (AvgIpc) is 2.97. The number of carbonyl (C=O) groups excluding carboxylic acids is 1. The topological polar surface area (TPSA) is 88.1 Å². The molecule has 2 rings (SSSR count). The zero-order valence-corrected chi connectivity index (χ0v) is 13.7. The smallest absolute Gasteiger partial charge is 0.332 e. The first-order valence-electron chi connectivity index (χ1n) is 7.73. The summed E-state index contributed by atoms with van der Waals surface area (Å²) in [5, 5.41) is 0. The summed E-state index contributed by atoms with van der Waals surface area (Å²) in [4.78, 5) is 39.8. The molecule has 0 unspecified atom stereocenters. The van der Waals surface area contributed by atoms with Crippen LogP contribution in [0.2, 0.25) is 0 Å². The van der Waals surface area contributed by atoms with Crippen LogP contribution in [0.15, 0.2) is 15.9 Å². The summed E-state index contributed by atoms with van der Waals surface area (Å²) >= 11 is 0. The van der Waals surface area contributed by atoms with Crippen LogP contribution in [0.25, 0.3) is 11.2 Å². The first kappa shape index (κ1) is 17.0. The third-order valence-electron chi connectivity index (χ3n) is 3.82. The lowest BCUT2D eigenvalue weighted by molar-refractivity contribution is -0.147. The highest BCUT2D eigenvalue weighted by molar-refractivity contribution is 5.71. The molecule has 2 aromatic rings. The van der Waals surface area contributed by atoms with Crippen molar-refractivity contribution in [2.75, 3.05) is 0 Å². The minimum atomic E-state index is -0.459. The van der Waals surface area contributed by atoms with E-state index in [2.05, 4.69) is 11.9 Å². The van der Waals surface area contributed by atoms with E-state index in [-0.39, 0.29) is 23.9 Å². The molecule has 0 aliphatic rings. The van der Waals surface area contributed by atoms with E-state index in [0.717, 1.165) is 30.3 Å². The molecule has 0 aliphatic carbocycles. The summed E-state index contributed by atoms with van der Waals surface area (Å²) in [6, 6.07) is 0. The first-order chi connectivity index (χ1) is 11.0. The van der Waals surface area contributed by atoms with Crippen molar-refractivity contribution in [2.45, 2.75) is 45.8 Å². The number of aromatic nitrogens is 4. The zero-order chi connectivity index (χ0) is 17.0. The van der Waals surface area contributed by atoms with E-state index in [4.69, 9.17) is 4.74 Å². The SMILES string of the molecule is CCCCCCC(=O)OCn1cnc2c1c(=O)n(C)c(=O)n2C. The van der Waals surface area contributed by atoms with Gasteiger partial charge in [-0.15, -0.1) is 0 Å². The molecule has 2 heterocycles. The molecule has 126 valence electrons. The molecule has 2 aromatic heterocycles. The summed E-state index contributed by atoms with van der Waals surface area (Å²) < 4.78 is 8.93. The van der Waals surface area contributed by atoms with Crippen LogP contribution in [0.5, 0.6) is 0 Å². The molecule has 23 heavy (non-hydrogen) atoms. The Morgan fingerprint density at radius 1 is 1.17 bits per heavy atom. The summed E-state index contributed by atoms with van der Waals surface area (Å²) in [7, 11) is 2.95. The maximum atomic E-state index is 12.2. The van der Waals surface area contributed by atoms with Crippen LogP contribution in [0, 0.1) is 0 Å². The van der Waals surface area contributed by atoms with Gasteiger partial charge in [-0.05, 0) is 6.42 Å². The van der Waals surface area contributed by atoms with Crippen molar-refractivity contribution in [2.24, 2.45) is 14.1 Å². The van der Waals surface area contributed by atoms with E-state index in [1.165, 1.54) is 22.5 Å². The molecule has 0 spiro atoms. The molecule has 8 nitrogen and oxygen atoms in total. The Balaban J connectivity index is 2.12. The third-order valence-corrected chi connectivity index (χ3v) is 3.82. The molecule has 0 aromatic carbocycles. The van der Waals surface area contributed by atoms with Crippen molar-refractivity contribution in [1.29, 1.82) is 0 Å². The second-order valence-corrected chi connectivity index (χ2v) is 5.55. The third kappa shape index (κ3) is 3.52. The molecule has 0 radical (unpaired) electrons. The maximum absolute atomic E-state index is 12.2. The number of rotatable bonds is 7. The minimum Gasteiger partial charge on any atom is -0.444 e. The molecular weight excluding hydrogens is 300 g/mol. The second kappa shape index (κ2) is 7.26. The maximum Gasteiger partial charge on any atom is 0.332 e. The van der Waals surface area contributed by atoms with E-state index in [0.29, 0.717) is 6.42 Å². The van der Waals surface area contributed by atoms with Gasteiger partial charge in [-0.2, -0.15) is 0 Å². The van der Waals surface area contributed by atoms with E-state index in [9.17, 15) is 14.4 Å². The Morgan fingerprint density at radius 3 is 2.61 bits per heavy atom. The lowest BCUT2D eigenvalue weighted by Crippen LogP contribution is -2.37. The van der Waals surface area contributed by atoms with Gasteiger partial charge in [0.1, 0.15) is 6.33 Å². The normalized spacial score (nSPS) is 11.1. The van der Waals surface area contributed by atoms with Gasteiger partial charge in [0.2, 0.25) is 0 Å². The molecule has 0 N–H and O–H groups in total. The second-order valence-electron chi connectivity index (χ2n) is 5.55. The number of hydrogen-bond acceptors (Lipinski definition) is 5. The standard InChI is InChI=1S/C15H22N4O4/c1-4-5-6-7-8-11(20)23-10-19-9-16-13-12(19)14(21)18(3)15(22)17(13)2/h9H,4-8,10H2,1-3H3. The number of ether oxygens (including phenoxy) is 1. The summed E-state index contributed by atoms with van der Waals surface area (Å²) in [6.07, 6.45) is 5.77. The van der Waals surface area contributed by atoms with Gasteiger partial charge in [0.25, 0.3) is 5.56 Å². The fourth-order valence-corrected chi connectivity index (χ4v) is 2.40. The number of imidazole rings is 1. The van der Waals surface area contributed by atoms with Gasteiger partial charge in [-0.25, -0.2) is 9.78 Å². The zero-order valence-electron chi connectivity index (χ0n) is 13.7. The number of nitrogens with zero attached hydrogens (tertiary/aromatic N) is 4. The molecule has 0 atom stereocenters. The van der Waals surface area contributed by atoms with Gasteiger partial charge < -0.3 is 4.74 Å². The van der Waals surface area contributed by atoms with Crippen molar-refractivity contribution in [1.82, 2.24) is 18.7 Å². The van der Waals surface area contributed by atoms with Gasteiger partial charge in [-0.1, -0.05) is 26.2 Å². The average molecular weight is 322 g/mol. The van der Waals surface area contributed by atoms with Gasteiger partial charge >= 0.3 is 11.7 Å². The highest BCUT2D eigenvalue weighted by Crippen LogP contribution is 2.07.